The third-order valence-corrected chi connectivity index (χ3v) is 5.62. The van der Waals surface area contributed by atoms with Gasteiger partial charge in [-0.05, 0) is 49.2 Å². The first kappa shape index (κ1) is 23.9. The van der Waals surface area contributed by atoms with Crippen LogP contribution in [0.1, 0.15) is 39.7 Å². The molecule has 170 valence electrons. The van der Waals surface area contributed by atoms with Crippen molar-refractivity contribution in [3.05, 3.63) is 81.9 Å². The summed E-state index contributed by atoms with van der Waals surface area (Å²) >= 11 is 1.31. The summed E-state index contributed by atoms with van der Waals surface area (Å²) in [5.74, 6) is -1.10. The van der Waals surface area contributed by atoms with Gasteiger partial charge >= 0.3 is 11.9 Å². The number of hydrogen-bond donors (Lipinski definition) is 0. The maximum absolute atomic E-state index is 12.3. The molecule has 1 heterocycles. The van der Waals surface area contributed by atoms with Crippen LogP contribution in [0.15, 0.2) is 53.9 Å². The van der Waals surface area contributed by atoms with Crippen molar-refractivity contribution in [2.75, 3.05) is 12.0 Å². The number of aromatic nitrogens is 1. The van der Waals surface area contributed by atoms with Crippen molar-refractivity contribution >= 4 is 46.1 Å². The van der Waals surface area contributed by atoms with Crippen LogP contribution in [0, 0.1) is 13.8 Å². The van der Waals surface area contributed by atoms with Crippen LogP contribution >= 0.6 is 11.3 Å². The van der Waals surface area contributed by atoms with Gasteiger partial charge in [-0.1, -0.05) is 29.8 Å². The van der Waals surface area contributed by atoms with E-state index < -0.39 is 11.9 Å². The number of anilines is 2. The minimum absolute atomic E-state index is 0.0143. The van der Waals surface area contributed by atoms with E-state index in [2.05, 4.69) is 9.72 Å². The van der Waals surface area contributed by atoms with E-state index in [0.717, 1.165) is 22.4 Å². The molecule has 0 bridgehead atoms. The fourth-order valence-electron chi connectivity index (χ4n) is 3.13. The van der Waals surface area contributed by atoms with E-state index in [-0.39, 0.29) is 12.5 Å². The quantitative estimate of drug-likeness (QED) is 0.362. The number of aryl methyl sites for hydroxylation is 2. The molecule has 0 N–H and O–H groups in total. The summed E-state index contributed by atoms with van der Waals surface area (Å²) in [7, 11) is 1.32. The molecule has 3 aromatic rings. The predicted octanol–water partition coefficient (Wildman–Crippen LogP) is 4.99. The second-order valence-corrected chi connectivity index (χ2v) is 8.16. The number of nitrogens with zero attached hydrogens (tertiary/aromatic N) is 2. The van der Waals surface area contributed by atoms with Gasteiger partial charge < -0.3 is 9.47 Å². The Kier molecular flexibility index (Phi) is 7.74. The van der Waals surface area contributed by atoms with Crippen LogP contribution in [-0.2, 0) is 25.7 Å². The average molecular weight is 465 g/mol. The first-order valence-corrected chi connectivity index (χ1v) is 11.0. The summed E-state index contributed by atoms with van der Waals surface area (Å²) in [6.45, 7) is 5.42. The number of carbonyl (C=O) groups excluding carboxylic acids is 3. The Balaban J connectivity index is 1.63. The number of rotatable bonds is 7. The number of benzene rings is 2. The molecule has 1 amide bonds. The molecule has 0 spiro atoms. The fraction of sp³-hybridized carbons (Fsp3) is 0.200. The third-order valence-electron chi connectivity index (χ3n) is 4.74. The SMILES string of the molecule is COC(=O)c1ccc(/C=C/C(=O)OCc2csc(N(C(C)=O)c3ccc(C)cc3C)n2)cc1. The number of methoxy groups -OCH3 is 1. The van der Waals surface area contributed by atoms with Gasteiger partial charge in [-0.15, -0.1) is 11.3 Å². The Hall–Kier alpha value is -3.78. The molecule has 7 nitrogen and oxygen atoms in total. The van der Waals surface area contributed by atoms with Crippen molar-refractivity contribution in [3.8, 4) is 0 Å². The number of carbonyl (C=O) groups is 3. The molecule has 0 aliphatic heterocycles. The standard InChI is InChI=1S/C25H24N2O5S/c1-16-5-11-22(17(2)13-16)27(18(3)28)25-26-21(15-33-25)14-32-23(29)12-8-19-6-9-20(10-7-19)24(30)31-4/h5-13,15H,14H2,1-4H3/b12-8+. The zero-order valence-corrected chi connectivity index (χ0v) is 19.6. The van der Waals surface area contributed by atoms with E-state index in [1.54, 1.807) is 40.6 Å². The summed E-state index contributed by atoms with van der Waals surface area (Å²) < 4.78 is 9.92. The second kappa shape index (κ2) is 10.7. The fourth-order valence-corrected chi connectivity index (χ4v) is 4.00. The van der Waals surface area contributed by atoms with E-state index in [4.69, 9.17) is 4.74 Å². The molecule has 0 aliphatic rings. The smallest absolute Gasteiger partial charge is 0.337 e. The number of amides is 1. The van der Waals surface area contributed by atoms with Crippen LogP contribution in [0.3, 0.4) is 0 Å². The van der Waals surface area contributed by atoms with E-state index >= 15 is 0 Å². The number of hydrogen-bond acceptors (Lipinski definition) is 7. The highest BCUT2D eigenvalue weighted by atomic mass is 32.1. The Morgan fingerprint density at radius 2 is 1.82 bits per heavy atom. The summed E-state index contributed by atoms with van der Waals surface area (Å²) in [6, 6.07) is 12.5. The average Bonchev–Trinajstić information content (AvgIpc) is 3.26. The van der Waals surface area contributed by atoms with E-state index in [1.165, 1.54) is 31.4 Å². The van der Waals surface area contributed by atoms with Gasteiger partial charge in [0.25, 0.3) is 0 Å². The minimum atomic E-state index is -0.528. The molecule has 1 aromatic heterocycles. The van der Waals surface area contributed by atoms with E-state index in [1.807, 2.05) is 32.0 Å². The maximum Gasteiger partial charge on any atom is 0.337 e. The van der Waals surface area contributed by atoms with Gasteiger partial charge in [0.1, 0.15) is 6.61 Å². The van der Waals surface area contributed by atoms with Gasteiger partial charge in [0, 0.05) is 18.4 Å². The molecular weight excluding hydrogens is 440 g/mol. The largest absolute Gasteiger partial charge is 0.465 e. The lowest BCUT2D eigenvalue weighted by Crippen LogP contribution is -2.23. The lowest BCUT2D eigenvalue weighted by molar-refractivity contribution is -0.139. The Bertz CT molecular complexity index is 1200. The van der Waals surface area contributed by atoms with Crippen LogP contribution in [0.25, 0.3) is 6.08 Å². The van der Waals surface area contributed by atoms with Crippen molar-refractivity contribution in [2.45, 2.75) is 27.4 Å². The van der Waals surface area contributed by atoms with Gasteiger partial charge in [0.2, 0.25) is 5.91 Å². The number of ether oxygens (including phenoxy) is 2. The summed E-state index contributed by atoms with van der Waals surface area (Å²) in [5, 5.41) is 2.28. The molecule has 0 atom stereocenters. The summed E-state index contributed by atoms with van der Waals surface area (Å²) in [4.78, 5) is 41.9. The molecule has 0 saturated heterocycles. The Morgan fingerprint density at radius 1 is 1.09 bits per heavy atom. The lowest BCUT2D eigenvalue weighted by Gasteiger charge is -2.20. The molecular formula is C25H24N2O5S. The Labute approximate surface area is 196 Å². The monoisotopic (exact) mass is 464 g/mol. The summed E-state index contributed by atoms with van der Waals surface area (Å²) in [6.07, 6.45) is 2.89. The van der Waals surface area contributed by atoms with Crippen LogP contribution in [0.5, 0.6) is 0 Å². The zero-order valence-electron chi connectivity index (χ0n) is 18.8. The molecule has 0 saturated carbocycles. The predicted molar refractivity (Wildman–Crippen MR) is 127 cm³/mol. The van der Waals surface area contributed by atoms with Crippen molar-refractivity contribution < 1.29 is 23.9 Å². The number of esters is 2. The first-order valence-electron chi connectivity index (χ1n) is 10.1. The molecule has 0 unspecified atom stereocenters. The highest BCUT2D eigenvalue weighted by molar-refractivity contribution is 7.14. The van der Waals surface area contributed by atoms with Crippen LogP contribution in [0.2, 0.25) is 0 Å². The molecule has 0 aliphatic carbocycles. The van der Waals surface area contributed by atoms with Gasteiger partial charge in [0.05, 0.1) is 24.1 Å². The van der Waals surface area contributed by atoms with E-state index in [0.29, 0.717) is 16.4 Å². The van der Waals surface area contributed by atoms with Gasteiger partial charge in [0.15, 0.2) is 5.13 Å². The van der Waals surface area contributed by atoms with Crippen molar-refractivity contribution in [1.82, 2.24) is 4.98 Å². The maximum atomic E-state index is 12.3. The lowest BCUT2D eigenvalue weighted by atomic mass is 10.1. The van der Waals surface area contributed by atoms with Crippen LogP contribution in [0.4, 0.5) is 10.8 Å². The topological polar surface area (TPSA) is 85.8 Å². The molecule has 33 heavy (non-hydrogen) atoms. The van der Waals surface area contributed by atoms with Crippen LogP contribution in [-0.4, -0.2) is 29.9 Å². The Morgan fingerprint density at radius 3 is 2.45 bits per heavy atom. The van der Waals surface area contributed by atoms with Gasteiger partial charge in [-0.2, -0.15) is 0 Å². The van der Waals surface area contributed by atoms with Gasteiger partial charge in [-0.25, -0.2) is 14.6 Å². The van der Waals surface area contributed by atoms with Crippen molar-refractivity contribution in [2.24, 2.45) is 0 Å². The normalized spacial score (nSPS) is 10.8. The highest BCUT2D eigenvalue weighted by Crippen LogP contribution is 2.31. The molecule has 2 aromatic carbocycles. The molecule has 0 fully saturated rings. The van der Waals surface area contributed by atoms with Crippen molar-refractivity contribution in [3.63, 3.8) is 0 Å². The first-order chi connectivity index (χ1) is 15.8. The highest BCUT2D eigenvalue weighted by Gasteiger charge is 2.20. The van der Waals surface area contributed by atoms with Crippen LogP contribution < -0.4 is 4.90 Å². The second-order valence-electron chi connectivity index (χ2n) is 7.32. The molecule has 0 radical (unpaired) electrons. The molecule has 3 rings (SSSR count). The molecule has 8 heteroatoms. The third kappa shape index (κ3) is 6.14. The van der Waals surface area contributed by atoms with E-state index in [9.17, 15) is 14.4 Å². The zero-order chi connectivity index (χ0) is 24.0. The minimum Gasteiger partial charge on any atom is -0.465 e. The number of thiazole rings is 1. The summed E-state index contributed by atoms with van der Waals surface area (Å²) in [5.41, 5.74) is 4.57. The van der Waals surface area contributed by atoms with Gasteiger partial charge in [-0.3, -0.25) is 9.69 Å². The van der Waals surface area contributed by atoms with Crippen molar-refractivity contribution in [1.29, 1.82) is 0 Å².